The summed E-state index contributed by atoms with van der Waals surface area (Å²) in [6, 6.07) is 13.5. The van der Waals surface area contributed by atoms with Gasteiger partial charge in [-0.05, 0) is 70.5 Å². The predicted octanol–water partition coefficient (Wildman–Crippen LogP) is 8.78. The molecule has 7 heteroatoms. The Bertz CT molecular complexity index is 2580. The molecule has 1 aromatic heterocycles. The third-order valence-electron chi connectivity index (χ3n) is 11.3. The molecule has 2 heterocycles. The average molecular weight is 670 g/mol. The molecule has 7 rings (SSSR count). The number of aromatic hydroxyl groups is 1. The Hall–Kier alpha value is -4.78. The molecule has 1 N–H and O–H groups in total. The molecule has 2 atom stereocenters. The van der Waals surface area contributed by atoms with Crippen molar-refractivity contribution in [3.05, 3.63) is 91.5 Å². The summed E-state index contributed by atoms with van der Waals surface area (Å²) in [6.45, 7) is 13.7. The first-order valence-corrected chi connectivity index (χ1v) is 18.6. The molecule has 1 aliphatic heterocycles. The van der Waals surface area contributed by atoms with E-state index in [9.17, 15) is 19.5 Å². The summed E-state index contributed by atoms with van der Waals surface area (Å²) in [5.41, 5.74) is 0.434. The molecule has 0 fully saturated rings. The number of hydrogen-bond acceptors (Lipinski definition) is 5. The van der Waals surface area contributed by atoms with Crippen LogP contribution in [0.2, 0.25) is 0 Å². The zero-order valence-electron chi connectivity index (χ0n) is 29.8. The maximum Gasteiger partial charge on any atom is 0.261 e. The van der Waals surface area contributed by atoms with E-state index in [0.717, 1.165) is 89.1 Å². The summed E-state index contributed by atoms with van der Waals surface area (Å²) in [5.74, 6) is 0.528. The number of nitrogens with zero attached hydrogens (tertiary/aromatic N) is 3. The average Bonchev–Trinajstić information content (AvgIpc) is 3.14. The SMILES string of the molecule is C=CCN=c1cc2c(=O)n(CC(CC)CCCC)c(=O)c3ccc4c5ccc6c(O)n(CC(CC)CCCC)c(=O)c7ccc(c1c4c3-2)c5c67. The van der Waals surface area contributed by atoms with Gasteiger partial charge in [-0.15, -0.1) is 6.58 Å². The fraction of sp³-hybridized carbons (Fsp3) is 0.395. The summed E-state index contributed by atoms with van der Waals surface area (Å²) < 4.78 is 3.01. The Balaban J connectivity index is 1.58. The third kappa shape index (κ3) is 5.16. The van der Waals surface area contributed by atoms with Gasteiger partial charge in [0, 0.05) is 51.0 Å². The van der Waals surface area contributed by atoms with Gasteiger partial charge in [0.05, 0.1) is 17.5 Å². The standard InChI is InChI=1S/C43H47N3O4/c1-6-11-13-25(9-4)23-45-40(47)30-18-15-27-28-16-19-32-37-33(43(50)46(42(32)49)24-26(10-5)14-12-7-2)22-34(44-21-8-3)38(39(28)37)29-17-20-31(41(45)48)36(30)35(27)29/h8,15-20,22,25-26,47H,3,6-7,9-14,21,23-24H2,1-2,4-5H3. The molecule has 0 bridgehead atoms. The number of fused-ring (bicyclic) bond motifs is 2. The van der Waals surface area contributed by atoms with E-state index in [1.54, 1.807) is 10.6 Å². The lowest BCUT2D eigenvalue weighted by Crippen LogP contribution is -2.37. The summed E-state index contributed by atoms with van der Waals surface area (Å²) in [6.07, 6.45) is 9.84. The van der Waals surface area contributed by atoms with Crippen molar-refractivity contribution < 1.29 is 5.11 Å². The van der Waals surface area contributed by atoms with Gasteiger partial charge in [-0.1, -0.05) is 90.5 Å². The summed E-state index contributed by atoms with van der Waals surface area (Å²) in [5, 5.41) is 20.0. The Kier molecular flexibility index (Phi) is 9.10. The number of hydrogen-bond donors (Lipinski definition) is 1. The molecule has 2 unspecified atom stereocenters. The van der Waals surface area contributed by atoms with Crippen LogP contribution in [0.1, 0.15) is 79.1 Å². The highest BCUT2D eigenvalue weighted by Gasteiger charge is 2.28. The van der Waals surface area contributed by atoms with Crippen LogP contribution in [0.25, 0.3) is 65.0 Å². The molecule has 7 nitrogen and oxygen atoms in total. The minimum atomic E-state index is -0.276. The third-order valence-corrected chi connectivity index (χ3v) is 11.3. The zero-order valence-corrected chi connectivity index (χ0v) is 29.8. The molecule has 258 valence electrons. The molecule has 0 saturated heterocycles. The van der Waals surface area contributed by atoms with Gasteiger partial charge in [0.15, 0.2) is 0 Å². The van der Waals surface area contributed by atoms with Crippen molar-refractivity contribution in [3.8, 4) is 17.0 Å². The van der Waals surface area contributed by atoms with E-state index in [-0.39, 0.29) is 28.5 Å². The highest BCUT2D eigenvalue weighted by atomic mass is 16.3. The van der Waals surface area contributed by atoms with Crippen LogP contribution in [0.4, 0.5) is 0 Å². The van der Waals surface area contributed by atoms with E-state index in [2.05, 4.69) is 34.3 Å². The minimum absolute atomic E-state index is 0.00522. The fourth-order valence-corrected chi connectivity index (χ4v) is 8.43. The molecule has 2 aliphatic rings. The van der Waals surface area contributed by atoms with Gasteiger partial charge in [-0.3, -0.25) is 28.5 Å². The Morgan fingerprint density at radius 1 is 0.680 bits per heavy atom. The van der Waals surface area contributed by atoms with Crippen LogP contribution in [0, 0.1) is 11.8 Å². The van der Waals surface area contributed by atoms with Gasteiger partial charge in [0.1, 0.15) is 0 Å². The molecule has 0 spiro atoms. The lowest BCUT2D eigenvalue weighted by molar-refractivity contribution is 0.344. The van der Waals surface area contributed by atoms with Gasteiger partial charge in [-0.2, -0.15) is 0 Å². The van der Waals surface area contributed by atoms with Crippen LogP contribution >= 0.6 is 0 Å². The summed E-state index contributed by atoms with van der Waals surface area (Å²) >= 11 is 0. The number of unbranched alkanes of at least 4 members (excludes halogenated alkanes) is 2. The Morgan fingerprint density at radius 3 is 1.86 bits per heavy atom. The maximum atomic E-state index is 14.3. The second-order valence-corrected chi connectivity index (χ2v) is 14.2. The van der Waals surface area contributed by atoms with Crippen LogP contribution in [0.15, 0.2) is 74.5 Å². The van der Waals surface area contributed by atoms with Crippen molar-refractivity contribution >= 4 is 53.9 Å². The molecule has 5 aromatic rings. The first kappa shape index (κ1) is 33.7. The fourth-order valence-electron chi connectivity index (χ4n) is 8.43. The van der Waals surface area contributed by atoms with Crippen LogP contribution < -0.4 is 22.0 Å². The first-order chi connectivity index (χ1) is 24.3. The number of rotatable bonds is 14. The predicted molar refractivity (Wildman–Crippen MR) is 208 cm³/mol. The van der Waals surface area contributed by atoms with Crippen LogP contribution in [0.3, 0.4) is 0 Å². The van der Waals surface area contributed by atoms with Gasteiger partial charge in [0.25, 0.3) is 16.7 Å². The van der Waals surface area contributed by atoms with Crippen molar-refractivity contribution in [1.82, 2.24) is 9.13 Å². The number of benzene rings is 5. The van der Waals surface area contributed by atoms with E-state index in [1.807, 2.05) is 42.5 Å². The first-order valence-electron chi connectivity index (χ1n) is 18.6. The van der Waals surface area contributed by atoms with Crippen molar-refractivity contribution in [1.29, 1.82) is 0 Å². The second kappa shape index (κ2) is 13.5. The van der Waals surface area contributed by atoms with E-state index >= 15 is 0 Å². The Labute approximate surface area is 291 Å². The molecular formula is C43H47N3O4. The van der Waals surface area contributed by atoms with E-state index < -0.39 is 0 Å². The zero-order chi connectivity index (χ0) is 35.3. The second-order valence-electron chi connectivity index (χ2n) is 14.2. The van der Waals surface area contributed by atoms with Crippen LogP contribution in [-0.4, -0.2) is 20.8 Å². The highest BCUT2D eigenvalue weighted by molar-refractivity contribution is 6.37. The molecule has 0 radical (unpaired) electrons. The van der Waals surface area contributed by atoms with E-state index in [1.165, 1.54) is 4.57 Å². The molecule has 0 saturated carbocycles. The van der Waals surface area contributed by atoms with Crippen molar-refractivity contribution in [2.45, 2.75) is 92.2 Å². The summed E-state index contributed by atoms with van der Waals surface area (Å²) in [4.78, 5) is 47.5. The Morgan fingerprint density at radius 2 is 1.22 bits per heavy atom. The van der Waals surface area contributed by atoms with Crippen LogP contribution in [-0.2, 0) is 13.1 Å². The smallest absolute Gasteiger partial charge is 0.261 e. The topological polar surface area (TPSA) is 93.7 Å². The van der Waals surface area contributed by atoms with Crippen LogP contribution in [0.5, 0.6) is 5.88 Å². The van der Waals surface area contributed by atoms with Crippen molar-refractivity contribution in [2.75, 3.05) is 6.54 Å². The van der Waals surface area contributed by atoms with Gasteiger partial charge in [0.2, 0.25) is 5.88 Å². The minimum Gasteiger partial charge on any atom is -0.494 e. The molecule has 50 heavy (non-hydrogen) atoms. The van der Waals surface area contributed by atoms with Crippen molar-refractivity contribution in [2.24, 2.45) is 16.8 Å². The molecular weight excluding hydrogens is 622 g/mol. The molecule has 4 aromatic carbocycles. The monoisotopic (exact) mass is 669 g/mol. The lowest BCUT2D eigenvalue weighted by Gasteiger charge is -2.23. The number of pyridine rings is 2. The lowest BCUT2D eigenvalue weighted by atomic mass is 9.83. The number of aromatic nitrogens is 2. The van der Waals surface area contributed by atoms with Crippen molar-refractivity contribution in [3.63, 3.8) is 0 Å². The van der Waals surface area contributed by atoms with Gasteiger partial charge in [-0.25, -0.2) is 0 Å². The van der Waals surface area contributed by atoms with Gasteiger partial charge < -0.3 is 5.11 Å². The molecule has 1 aliphatic carbocycles. The quantitative estimate of drug-likeness (QED) is 0.0712. The normalized spacial score (nSPS) is 14.0. The maximum absolute atomic E-state index is 14.3. The molecule has 0 amide bonds. The van der Waals surface area contributed by atoms with Gasteiger partial charge >= 0.3 is 0 Å². The van der Waals surface area contributed by atoms with E-state index in [0.29, 0.717) is 58.2 Å². The van der Waals surface area contributed by atoms with E-state index in [4.69, 9.17) is 4.99 Å². The highest BCUT2D eigenvalue weighted by Crippen LogP contribution is 2.45. The largest absolute Gasteiger partial charge is 0.494 e. The summed E-state index contributed by atoms with van der Waals surface area (Å²) in [7, 11) is 0.